The summed E-state index contributed by atoms with van der Waals surface area (Å²) in [6, 6.07) is 3.54. The maximum Gasteiger partial charge on any atom is 0.269 e. The first kappa shape index (κ1) is 18.7. The topological polar surface area (TPSA) is 76.3 Å². The molecule has 0 unspecified atom stereocenters. The highest BCUT2D eigenvalue weighted by Crippen LogP contribution is 2.19. The van der Waals surface area contributed by atoms with Crippen molar-refractivity contribution in [1.82, 2.24) is 24.5 Å². The Bertz CT molecular complexity index is 833. The van der Waals surface area contributed by atoms with E-state index in [1.807, 2.05) is 21.8 Å². The molecular formula is C20H28N6O2. The molecule has 0 radical (unpaired) electrons. The normalized spacial score (nSPS) is 18.4. The molecule has 2 aliphatic heterocycles. The number of carbonyl (C=O) groups excluding carboxylic acids is 1. The lowest BCUT2D eigenvalue weighted by atomic mass is 9.97. The van der Waals surface area contributed by atoms with E-state index in [9.17, 15) is 9.59 Å². The van der Waals surface area contributed by atoms with Gasteiger partial charge >= 0.3 is 0 Å². The number of amides is 1. The minimum atomic E-state index is -0.204. The summed E-state index contributed by atoms with van der Waals surface area (Å²) in [6.45, 7) is 4.31. The minimum Gasteiger partial charge on any atom is -0.370 e. The highest BCUT2D eigenvalue weighted by Gasteiger charge is 2.24. The van der Waals surface area contributed by atoms with E-state index >= 15 is 0 Å². The van der Waals surface area contributed by atoms with Crippen LogP contribution in [-0.4, -0.2) is 56.5 Å². The van der Waals surface area contributed by atoms with E-state index in [1.165, 1.54) is 11.1 Å². The van der Waals surface area contributed by atoms with Gasteiger partial charge < -0.3 is 9.80 Å². The highest BCUT2D eigenvalue weighted by atomic mass is 16.2. The molecule has 0 bridgehead atoms. The SMILES string of the molecule is O=C(Cn1ncc(N2CCCCC2)cc1=O)N1CCC(Cn2cccn2)CC1. The van der Waals surface area contributed by atoms with Gasteiger partial charge in [-0.15, -0.1) is 0 Å². The highest BCUT2D eigenvalue weighted by molar-refractivity contribution is 5.76. The van der Waals surface area contributed by atoms with Crippen molar-refractivity contribution in [3.8, 4) is 0 Å². The average Bonchev–Trinajstić information content (AvgIpc) is 3.24. The Balaban J connectivity index is 1.30. The van der Waals surface area contributed by atoms with E-state index in [4.69, 9.17) is 0 Å². The number of hydrogen-bond donors (Lipinski definition) is 0. The van der Waals surface area contributed by atoms with Gasteiger partial charge in [0.15, 0.2) is 0 Å². The Morgan fingerprint density at radius 1 is 1.07 bits per heavy atom. The molecule has 8 heteroatoms. The van der Waals surface area contributed by atoms with Crippen molar-refractivity contribution in [2.24, 2.45) is 5.92 Å². The minimum absolute atomic E-state index is 0.0168. The fourth-order valence-electron chi connectivity index (χ4n) is 4.13. The summed E-state index contributed by atoms with van der Waals surface area (Å²) in [5.41, 5.74) is 0.665. The molecule has 2 aromatic heterocycles. The first-order valence-electron chi connectivity index (χ1n) is 10.3. The number of rotatable bonds is 5. The predicted molar refractivity (Wildman–Crippen MR) is 106 cm³/mol. The molecule has 0 aliphatic carbocycles. The van der Waals surface area contributed by atoms with E-state index in [-0.39, 0.29) is 18.0 Å². The van der Waals surface area contributed by atoms with Crippen molar-refractivity contribution in [3.05, 3.63) is 41.1 Å². The monoisotopic (exact) mass is 384 g/mol. The van der Waals surface area contributed by atoms with Crippen LogP contribution in [0.4, 0.5) is 5.69 Å². The van der Waals surface area contributed by atoms with E-state index in [2.05, 4.69) is 15.1 Å². The van der Waals surface area contributed by atoms with Gasteiger partial charge in [0.2, 0.25) is 5.91 Å². The zero-order valence-corrected chi connectivity index (χ0v) is 16.2. The molecule has 8 nitrogen and oxygen atoms in total. The zero-order chi connectivity index (χ0) is 19.3. The van der Waals surface area contributed by atoms with Crippen molar-refractivity contribution in [2.75, 3.05) is 31.1 Å². The molecule has 2 aromatic rings. The van der Waals surface area contributed by atoms with Crippen LogP contribution in [0.15, 0.2) is 35.5 Å². The first-order chi connectivity index (χ1) is 13.7. The van der Waals surface area contributed by atoms with Gasteiger partial charge in [0.05, 0.1) is 11.9 Å². The van der Waals surface area contributed by atoms with Gasteiger partial charge in [0.1, 0.15) is 6.54 Å². The number of aromatic nitrogens is 4. The van der Waals surface area contributed by atoms with Gasteiger partial charge in [0.25, 0.3) is 5.56 Å². The number of likely N-dealkylation sites (tertiary alicyclic amines) is 1. The van der Waals surface area contributed by atoms with E-state index < -0.39 is 0 Å². The van der Waals surface area contributed by atoms with Gasteiger partial charge in [-0.25, -0.2) is 4.68 Å². The summed E-state index contributed by atoms with van der Waals surface area (Å²) in [5.74, 6) is 0.506. The van der Waals surface area contributed by atoms with E-state index in [0.717, 1.165) is 64.1 Å². The van der Waals surface area contributed by atoms with Crippen LogP contribution in [0.3, 0.4) is 0 Å². The standard InChI is InChI=1S/C20H28N6O2/c27-19-13-18(23-8-2-1-3-9-23)14-22-26(19)16-20(28)24-11-5-17(6-12-24)15-25-10-4-7-21-25/h4,7,10,13-14,17H,1-3,5-6,8-9,11-12,15-16H2. The van der Waals surface area contributed by atoms with Crippen LogP contribution >= 0.6 is 0 Å². The van der Waals surface area contributed by atoms with Crippen LogP contribution in [-0.2, 0) is 17.9 Å². The van der Waals surface area contributed by atoms with Crippen LogP contribution in [0.2, 0.25) is 0 Å². The third-order valence-corrected chi connectivity index (χ3v) is 5.83. The molecule has 2 fully saturated rings. The van der Waals surface area contributed by atoms with Crippen molar-refractivity contribution in [3.63, 3.8) is 0 Å². The maximum atomic E-state index is 12.6. The fraction of sp³-hybridized carbons (Fsp3) is 0.600. The lowest BCUT2D eigenvalue weighted by molar-refractivity contribution is -0.133. The van der Waals surface area contributed by atoms with Crippen molar-refractivity contribution < 1.29 is 4.79 Å². The van der Waals surface area contributed by atoms with Gasteiger partial charge in [-0.1, -0.05) is 0 Å². The molecule has 28 heavy (non-hydrogen) atoms. The fourth-order valence-corrected chi connectivity index (χ4v) is 4.13. The second kappa shape index (κ2) is 8.58. The third-order valence-electron chi connectivity index (χ3n) is 5.83. The quantitative estimate of drug-likeness (QED) is 0.778. The van der Waals surface area contributed by atoms with Crippen LogP contribution < -0.4 is 10.5 Å². The number of piperidine rings is 2. The van der Waals surface area contributed by atoms with Gasteiger partial charge in [-0.2, -0.15) is 10.2 Å². The van der Waals surface area contributed by atoms with Gasteiger partial charge in [-0.05, 0) is 44.1 Å². The van der Waals surface area contributed by atoms with Gasteiger partial charge in [0, 0.05) is 51.2 Å². The summed E-state index contributed by atoms with van der Waals surface area (Å²) < 4.78 is 3.24. The van der Waals surface area contributed by atoms with Crippen molar-refractivity contribution >= 4 is 11.6 Å². The maximum absolute atomic E-state index is 12.6. The summed E-state index contributed by atoms with van der Waals surface area (Å²) in [6.07, 6.45) is 11.0. The Labute approximate surface area is 164 Å². The van der Waals surface area contributed by atoms with Crippen molar-refractivity contribution in [1.29, 1.82) is 0 Å². The lowest BCUT2D eigenvalue weighted by Crippen LogP contribution is -2.42. The zero-order valence-electron chi connectivity index (χ0n) is 16.2. The second-order valence-electron chi connectivity index (χ2n) is 7.81. The first-order valence-corrected chi connectivity index (χ1v) is 10.3. The summed E-state index contributed by atoms with van der Waals surface area (Å²) in [5, 5.41) is 8.51. The Kier molecular flexibility index (Phi) is 5.73. The molecule has 2 saturated heterocycles. The van der Waals surface area contributed by atoms with Crippen molar-refractivity contribution in [2.45, 2.75) is 45.2 Å². The van der Waals surface area contributed by atoms with Crippen LogP contribution in [0.25, 0.3) is 0 Å². The lowest BCUT2D eigenvalue weighted by Gasteiger charge is -2.32. The molecule has 4 rings (SSSR count). The van der Waals surface area contributed by atoms with Crippen LogP contribution in [0.1, 0.15) is 32.1 Å². The summed E-state index contributed by atoms with van der Waals surface area (Å²) in [7, 11) is 0. The molecule has 4 heterocycles. The molecule has 0 saturated carbocycles. The van der Waals surface area contributed by atoms with Crippen LogP contribution in [0.5, 0.6) is 0 Å². The van der Waals surface area contributed by atoms with E-state index in [1.54, 1.807) is 18.5 Å². The second-order valence-corrected chi connectivity index (χ2v) is 7.81. The summed E-state index contributed by atoms with van der Waals surface area (Å²) >= 11 is 0. The smallest absolute Gasteiger partial charge is 0.269 e. The van der Waals surface area contributed by atoms with Crippen LogP contribution in [0, 0.1) is 5.92 Å². The molecule has 150 valence electrons. The number of hydrogen-bond acceptors (Lipinski definition) is 5. The number of nitrogens with zero attached hydrogens (tertiary/aromatic N) is 6. The molecule has 0 atom stereocenters. The van der Waals surface area contributed by atoms with Gasteiger partial charge in [-0.3, -0.25) is 14.3 Å². The molecule has 0 N–H and O–H groups in total. The molecular weight excluding hydrogens is 356 g/mol. The Morgan fingerprint density at radius 3 is 2.54 bits per heavy atom. The third kappa shape index (κ3) is 4.43. The van der Waals surface area contributed by atoms with E-state index in [0.29, 0.717) is 5.92 Å². The Hall–Kier alpha value is -2.64. The molecule has 0 spiro atoms. The predicted octanol–water partition coefficient (Wildman–Crippen LogP) is 1.37. The number of anilines is 1. The largest absolute Gasteiger partial charge is 0.370 e. The summed E-state index contributed by atoms with van der Waals surface area (Å²) in [4.78, 5) is 29.1. The molecule has 1 amide bonds. The molecule has 2 aliphatic rings. The molecule has 0 aromatic carbocycles. The Morgan fingerprint density at radius 2 is 1.86 bits per heavy atom. The average molecular weight is 384 g/mol. The number of carbonyl (C=O) groups is 1.